The third-order valence-electron chi connectivity index (χ3n) is 1.38. The molecule has 0 unspecified atom stereocenters. The van der Waals surface area contributed by atoms with Crippen molar-refractivity contribution < 1.29 is 14.3 Å². The van der Waals surface area contributed by atoms with Gasteiger partial charge in [0.15, 0.2) is 6.10 Å². The first-order chi connectivity index (χ1) is 5.90. The Morgan fingerprint density at radius 2 is 2.00 bits per heavy atom. The molecular weight excluding hydrogens is 170 g/mol. The lowest BCUT2D eigenvalue weighted by atomic mass is 10.2. The van der Waals surface area contributed by atoms with E-state index in [9.17, 15) is 4.79 Å². The van der Waals surface area contributed by atoms with E-state index in [-0.39, 0.29) is 5.97 Å². The molecule has 0 fully saturated rings. The quantitative estimate of drug-likeness (QED) is 0.661. The molecule has 0 saturated carbocycles. The maximum absolute atomic E-state index is 11.4. The van der Waals surface area contributed by atoms with E-state index in [2.05, 4.69) is 0 Å². The Bertz CT molecular complexity index is 163. The van der Waals surface area contributed by atoms with Crippen molar-refractivity contribution in [1.82, 2.24) is 0 Å². The van der Waals surface area contributed by atoms with Gasteiger partial charge in [-0.3, -0.25) is 0 Å². The van der Waals surface area contributed by atoms with Gasteiger partial charge in [0.1, 0.15) is 5.60 Å². The van der Waals surface area contributed by atoms with Crippen molar-refractivity contribution in [3.8, 4) is 0 Å². The molecule has 0 aromatic carbocycles. The highest BCUT2D eigenvalue weighted by molar-refractivity contribution is 5.75. The van der Waals surface area contributed by atoms with Crippen molar-refractivity contribution in [3.05, 3.63) is 0 Å². The van der Waals surface area contributed by atoms with Crippen LogP contribution in [0.1, 0.15) is 27.2 Å². The smallest absolute Gasteiger partial charge is 0.335 e. The Labute approximate surface area is 79.4 Å². The molecule has 13 heavy (non-hydrogen) atoms. The van der Waals surface area contributed by atoms with Crippen LogP contribution in [0.2, 0.25) is 0 Å². The summed E-state index contributed by atoms with van der Waals surface area (Å²) in [5.41, 5.74) is 4.85. The lowest BCUT2D eigenvalue weighted by Crippen LogP contribution is -2.34. The maximum Gasteiger partial charge on any atom is 0.335 e. The molecule has 0 amide bonds. The van der Waals surface area contributed by atoms with Crippen molar-refractivity contribution in [2.45, 2.75) is 38.9 Å². The van der Waals surface area contributed by atoms with Crippen molar-refractivity contribution in [3.63, 3.8) is 0 Å². The minimum Gasteiger partial charge on any atom is -0.458 e. The van der Waals surface area contributed by atoms with Gasteiger partial charge >= 0.3 is 5.97 Å². The van der Waals surface area contributed by atoms with E-state index in [0.29, 0.717) is 13.0 Å². The number of ether oxygens (including phenoxy) is 2. The number of esters is 1. The molecule has 0 heterocycles. The molecule has 0 aromatic heterocycles. The van der Waals surface area contributed by atoms with Crippen LogP contribution < -0.4 is 5.73 Å². The normalized spacial score (nSPS) is 13.9. The molecule has 78 valence electrons. The van der Waals surface area contributed by atoms with Crippen LogP contribution in [0.25, 0.3) is 0 Å². The number of hydrogen-bond acceptors (Lipinski definition) is 4. The molecule has 0 aliphatic carbocycles. The number of methoxy groups -OCH3 is 1. The fraction of sp³-hybridized carbons (Fsp3) is 0.889. The molecule has 0 rings (SSSR count). The SMILES string of the molecule is CO[C@H](CCN)C(=O)OC(C)(C)C. The number of rotatable bonds is 4. The number of carbonyl (C=O) groups is 1. The standard InChI is InChI=1S/C9H19NO3/c1-9(2,3)13-8(11)7(12-4)5-6-10/h7H,5-6,10H2,1-4H3/t7-/m1/s1. The number of carbonyl (C=O) groups excluding carboxylic acids is 1. The summed E-state index contributed by atoms with van der Waals surface area (Å²) in [5, 5.41) is 0. The first-order valence-electron chi connectivity index (χ1n) is 4.36. The summed E-state index contributed by atoms with van der Waals surface area (Å²) in [5.74, 6) is -0.347. The molecule has 1 atom stereocenters. The predicted octanol–water partition coefficient (Wildman–Crippen LogP) is 0.692. The summed E-state index contributed by atoms with van der Waals surface area (Å²) in [6, 6.07) is 0. The molecular formula is C9H19NO3. The summed E-state index contributed by atoms with van der Waals surface area (Å²) >= 11 is 0. The van der Waals surface area contributed by atoms with Gasteiger partial charge in [-0.25, -0.2) is 4.79 Å². The van der Waals surface area contributed by atoms with Gasteiger partial charge in [-0.05, 0) is 33.7 Å². The zero-order chi connectivity index (χ0) is 10.5. The highest BCUT2D eigenvalue weighted by atomic mass is 16.6. The van der Waals surface area contributed by atoms with Gasteiger partial charge in [-0.2, -0.15) is 0 Å². The van der Waals surface area contributed by atoms with Gasteiger partial charge in [0.05, 0.1) is 0 Å². The average molecular weight is 189 g/mol. The van der Waals surface area contributed by atoms with E-state index in [1.165, 1.54) is 7.11 Å². The van der Waals surface area contributed by atoms with Gasteiger partial charge < -0.3 is 15.2 Å². The summed E-state index contributed by atoms with van der Waals surface area (Å²) in [4.78, 5) is 11.4. The van der Waals surface area contributed by atoms with Crippen LogP contribution in [0.15, 0.2) is 0 Å². The Hall–Kier alpha value is -0.610. The Balaban J connectivity index is 4.06. The second kappa shape index (κ2) is 5.19. The summed E-state index contributed by atoms with van der Waals surface area (Å²) in [6.45, 7) is 5.87. The molecule has 4 nitrogen and oxygen atoms in total. The molecule has 2 N–H and O–H groups in total. The molecule has 0 bridgehead atoms. The minimum absolute atomic E-state index is 0.347. The van der Waals surface area contributed by atoms with E-state index in [4.69, 9.17) is 15.2 Å². The van der Waals surface area contributed by atoms with Gasteiger partial charge in [-0.1, -0.05) is 0 Å². The van der Waals surface area contributed by atoms with Crippen molar-refractivity contribution in [2.24, 2.45) is 5.73 Å². The first-order valence-corrected chi connectivity index (χ1v) is 4.36. The van der Waals surface area contributed by atoms with E-state index in [1.54, 1.807) is 0 Å². The topological polar surface area (TPSA) is 61.5 Å². The third kappa shape index (κ3) is 5.60. The molecule has 0 radical (unpaired) electrons. The van der Waals surface area contributed by atoms with Crippen LogP contribution in [0, 0.1) is 0 Å². The van der Waals surface area contributed by atoms with Crippen LogP contribution in [0.4, 0.5) is 0 Å². The monoisotopic (exact) mass is 189 g/mol. The third-order valence-corrected chi connectivity index (χ3v) is 1.38. The van der Waals surface area contributed by atoms with Gasteiger partial charge in [0.2, 0.25) is 0 Å². The molecule has 0 aliphatic heterocycles. The van der Waals surface area contributed by atoms with Gasteiger partial charge in [0, 0.05) is 7.11 Å². The van der Waals surface area contributed by atoms with E-state index >= 15 is 0 Å². The molecule has 0 aliphatic rings. The summed E-state index contributed by atoms with van der Waals surface area (Å²) in [6.07, 6.45) is -0.0463. The fourth-order valence-corrected chi connectivity index (χ4v) is 0.851. The fourth-order valence-electron chi connectivity index (χ4n) is 0.851. The van der Waals surface area contributed by atoms with Crippen LogP contribution in [-0.4, -0.2) is 31.3 Å². The Kier molecular flexibility index (Phi) is 4.95. The van der Waals surface area contributed by atoms with Crippen molar-refractivity contribution >= 4 is 5.97 Å². The zero-order valence-corrected chi connectivity index (χ0v) is 8.79. The summed E-state index contributed by atoms with van der Waals surface area (Å²) in [7, 11) is 1.48. The number of nitrogens with two attached hydrogens (primary N) is 1. The van der Waals surface area contributed by atoms with Crippen LogP contribution in [0.3, 0.4) is 0 Å². The highest BCUT2D eigenvalue weighted by Gasteiger charge is 2.23. The lowest BCUT2D eigenvalue weighted by molar-refractivity contribution is -0.167. The zero-order valence-electron chi connectivity index (χ0n) is 8.79. The van der Waals surface area contributed by atoms with Crippen molar-refractivity contribution in [1.29, 1.82) is 0 Å². The van der Waals surface area contributed by atoms with E-state index < -0.39 is 11.7 Å². The second-order valence-electron chi connectivity index (χ2n) is 3.84. The molecule has 0 spiro atoms. The highest BCUT2D eigenvalue weighted by Crippen LogP contribution is 2.10. The van der Waals surface area contributed by atoms with Gasteiger partial charge in [-0.15, -0.1) is 0 Å². The lowest BCUT2D eigenvalue weighted by Gasteiger charge is -2.22. The minimum atomic E-state index is -0.538. The van der Waals surface area contributed by atoms with Crippen molar-refractivity contribution in [2.75, 3.05) is 13.7 Å². The average Bonchev–Trinajstić information content (AvgIpc) is 1.96. The van der Waals surface area contributed by atoms with E-state index in [0.717, 1.165) is 0 Å². The van der Waals surface area contributed by atoms with E-state index in [1.807, 2.05) is 20.8 Å². The van der Waals surface area contributed by atoms with Crippen LogP contribution in [0.5, 0.6) is 0 Å². The largest absolute Gasteiger partial charge is 0.458 e. The Morgan fingerprint density at radius 3 is 2.31 bits per heavy atom. The Morgan fingerprint density at radius 1 is 1.46 bits per heavy atom. The molecule has 0 saturated heterocycles. The summed E-state index contributed by atoms with van der Waals surface area (Å²) < 4.78 is 10.1. The second-order valence-corrected chi connectivity index (χ2v) is 3.84. The predicted molar refractivity (Wildman–Crippen MR) is 50.3 cm³/mol. The first kappa shape index (κ1) is 12.4. The van der Waals surface area contributed by atoms with Crippen LogP contribution in [-0.2, 0) is 14.3 Å². The van der Waals surface area contributed by atoms with Crippen LogP contribution >= 0.6 is 0 Å². The number of hydrogen-bond donors (Lipinski definition) is 1. The molecule has 0 aromatic rings. The maximum atomic E-state index is 11.4. The molecule has 4 heteroatoms. The van der Waals surface area contributed by atoms with Gasteiger partial charge in [0.25, 0.3) is 0 Å².